The fraction of sp³-hybridized carbons (Fsp3) is 0.600. The highest BCUT2D eigenvalue weighted by Crippen LogP contribution is 2.68. The molecule has 1 aromatic carbocycles. The number of aromatic nitrogens is 1. The minimum atomic E-state index is -2.73. The third-order valence-electron chi connectivity index (χ3n) is 8.77. The lowest BCUT2D eigenvalue weighted by Gasteiger charge is -2.51. The van der Waals surface area contributed by atoms with Crippen molar-refractivity contribution in [2.45, 2.75) is 70.6 Å². The van der Waals surface area contributed by atoms with Crippen molar-refractivity contribution in [3.05, 3.63) is 40.4 Å². The Morgan fingerprint density at radius 2 is 2.12 bits per heavy atom. The molecule has 34 heavy (non-hydrogen) atoms. The molecule has 5 atom stereocenters. The van der Waals surface area contributed by atoms with Crippen LogP contribution in [0.3, 0.4) is 0 Å². The molecule has 0 saturated heterocycles. The van der Waals surface area contributed by atoms with Gasteiger partial charge < -0.3 is 15.4 Å². The predicted octanol–water partition coefficient (Wildman–Crippen LogP) is 4.27. The van der Waals surface area contributed by atoms with Crippen LogP contribution in [0.2, 0.25) is 0 Å². The van der Waals surface area contributed by atoms with E-state index < -0.39 is 18.5 Å². The van der Waals surface area contributed by atoms with Gasteiger partial charge in [-0.1, -0.05) is 25.1 Å². The third-order valence-corrected chi connectivity index (χ3v) is 9.60. The van der Waals surface area contributed by atoms with Crippen LogP contribution in [0.5, 0.6) is 0 Å². The zero-order valence-corrected chi connectivity index (χ0v) is 20.4. The summed E-state index contributed by atoms with van der Waals surface area (Å²) in [5.74, 6) is -2.87. The van der Waals surface area contributed by atoms with E-state index in [-0.39, 0.29) is 42.4 Å². The van der Waals surface area contributed by atoms with Crippen molar-refractivity contribution in [3.8, 4) is 0 Å². The Bertz CT molecular complexity index is 1090. The van der Waals surface area contributed by atoms with Gasteiger partial charge in [-0.2, -0.15) is 0 Å². The molecule has 0 unspecified atom stereocenters. The van der Waals surface area contributed by atoms with Crippen LogP contribution in [0.4, 0.5) is 13.9 Å². The highest BCUT2D eigenvalue weighted by molar-refractivity contribution is 7.15. The van der Waals surface area contributed by atoms with Gasteiger partial charge in [0.2, 0.25) is 5.91 Å². The molecule has 2 fully saturated rings. The van der Waals surface area contributed by atoms with E-state index in [1.165, 1.54) is 16.9 Å². The number of hydrogen-bond donors (Lipinski definition) is 3. The lowest BCUT2D eigenvalue weighted by Crippen LogP contribution is -2.48. The van der Waals surface area contributed by atoms with Crippen LogP contribution in [0.25, 0.3) is 0 Å². The highest BCUT2D eigenvalue weighted by atomic mass is 32.1. The molecule has 0 radical (unpaired) electrons. The predicted molar refractivity (Wildman–Crippen MR) is 129 cm³/mol. The number of fused-ring (bicyclic) bond motifs is 5. The summed E-state index contributed by atoms with van der Waals surface area (Å²) in [5.41, 5.74) is 1.72. The second-order valence-electron chi connectivity index (χ2n) is 10.7. The lowest BCUT2D eigenvalue weighted by molar-refractivity contribution is -0.133. The van der Waals surface area contributed by atoms with Crippen LogP contribution < -0.4 is 10.8 Å². The number of amides is 1. The van der Waals surface area contributed by atoms with Gasteiger partial charge in [0.25, 0.3) is 5.92 Å². The first-order chi connectivity index (χ1) is 16.1. The monoisotopic (exact) mass is 488 g/mol. The molecule has 1 aromatic heterocycles. The minimum absolute atomic E-state index is 0.132. The van der Waals surface area contributed by atoms with Crippen molar-refractivity contribution < 1.29 is 23.6 Å². The summed E-state index contributed by atoms with van der Waals surface area (Å²) in [7, 11) is -1.50. The summed E-state index contributed by atoms with van der Waals surface area (Å²) in [6, 6.07) is 5.57. The number of anilines is 1. The molecule has 3 N–H and O–H groups in total. The van der Waals surface area contributed by atoms with E-state index in [2.05, 4.69) is 10.3 Å². The van der Waals surface area contributed by atoms with Crippen molar-refractivity contribution in [3.63, 3.8) is 0 Å². The highest BCUT2D eigenvalue weighted by Gasteiger charge is 2.67. The molecule has 1 heterocycles. The first-order valence-electron chi connectivity index (χ1n) is 12.2. The topological polar surface area (TPSA) is 82.5 Å². The molecule has 2 saturated carbocycles. The van der Waals surface area contributed by atoms with Crippen molar-refractivity contribution in [2.75, 3.05) is 5.32 Å². The van der Waals surface area contributed by atoms with E-state index >= 15 is 8.78 Å². The van der Waals surface area contributed by atoms with Gasteiger partial charge in [-0.25, -0.2) is 13.8 Å². The van der Waals surface area contributed by atoms with Gasteiger partial charge in [0.15, 0.2) is 5.13 Å². The number of benzene rings is 1. The van der Waals surface area contributed by atoms with E-state index in [1.807, 2.05) is 19.1 Å². The molecule has 182 valence electrons. The summed E-state index contributed by atoms with van der Waals surface area (Å²) in [6.07, 6.45) is 5.00. The second kappa shape index (κ2) is 8.68. The Balaban J connectivity index is 1.36. The summed E-state index contributed by atoms with van der Waals surface area (Å²) in [6.45, 7) is 3.69. The van der Waals surface area contributed by atoms with Gasteiger partial charge >= 0.3 is 7.12 Å². The van der Waals surface area contributed by atoms with Crippen LogP contribution in [0.1, 0.15) is 67.4 Å². The summed E-state index contributed by atoms with van der Waals surface area (Å²) < 4.78 is 30.8. The largest absolute Gasteiger partial charge is 0.488 e. The molecular formula is C25H31BF2N2O3S. The molecular weight excluding hydrogens is 457 g/mol. The first kappa shape index (κ1) is 23.9. The number of rotatable bonds is 5. The second-order valence-corrected chi connectivity index (χ2v) is 11.9. The minimum Gasteiger partial charge on any atom is -0.423 e. The quantitative estimate of drug-likeness (QED) is 0.550. The van der Waals surface area contributed by atoms with Gasteiger partial charge in [0, 0.05) is 29.3 Å². The standard InChI is InChI=1S/C25H31BF2N2O3S/c1-14-13-29-23(34-14)30-21(31)8-4-16-12-25(27,28)24(2)10-9-19-18-7-5-17(26(32)33)11-15(18)3-6-20(19)22(16)24/h5,7,11,13,16,19-20,22,32-33H,3-4,6,8-10,12H2,1-2H3,(H,29,30,31)/t16-,19-,20-,22+,24+/m1/s1. The molecule has 5 rings (SSSR count). The fourth-order valence-electron chi connectivity index (χ4n) is 7.19. The lowest BCUT2D eigenvalue weighted by atomic mass is 9.53. The number of carbonyl (C=O) groups is 1. The number of alkyl halides is 2. The summed E-state index contributed by atoms with van der Waals surface area (Å²) in [4.78, 5) is 17.7. The number of nitrogens with one attached hydrogen (secondary N) is 1. The number of hydrogen-bond acceptors (Lipinski definition) is 5. The number of nitrogens with zero attached hydrogens (tertiary/aromatic N) is 1. The van der Waals surface area contributed by atoms with E-state index in [0.717, 1.165) is 29.7 Å². The van der Waals surface area contributed by atoms with Crippen LogP contribution in [0, 0.1) is 30.1 Å². The average molecular weight is 488 g/mol. The maximum absolute atomic E-state index is 15.4. The van der Waals surface area contributed by atoms with Crippen LogP contribution in [-0.2, 0) is 11.2 Å². The van der Waals surface area contributed by atoms with Gasteiger partial charge in [-0.05, 0) is 79.3 Å². The Kier molecular flexibility index (Phi) is 6.10. The van der Waals surface area contributed by atoms with E-state index in [9.17, 15) is 14.8 Å². The normalized spacial score (nSPS) is 31.4. The number of thiazole rings is 1. The molecule has 2 aromatic rings. The molecule has 5 nitrogen and oxygen atoms in total. The number of aryl methyl sites for hydroxylation is 2. The van der Waals surface area contributed by atoms with Crippen LogP contribution in [0.15, 0.2) is 24.4 Å². The van der Waals surface area contributed by atoms with Crippen molar-refractivity contribution in [2.24, 2.45) is 23.2 Å². The van der Waals surface area contributed by atoms with Crippen molar-refractivity contribution in [1.29, 1.82) is 0 Å². The Hall–Kier alpha value is -1.84. The van der Waals surface area contributed by atoms with Gasteiger partial charge in [-0.15, -0.1) is 11.3 Å². The Morgan fingerprint density at radius 1 is 1.32 bits per heavy atom. The van der Waals surface area contributed by atoms with Crippen LogP contribution in [-0.4, -0.2) is 34.0 Å². The average Bonchev–Trinajstić information content (AvgIpc) is 3.28. The van der Waals surface area contributed by atoms with E-state index in [0.29, 0.717) is 23.4 Å². The smallest absolute Gasteiger partial charge is 0.423 e. The maximum Gasteiger partial charge on any atom is 0.488 e. The van der Waals surface area contributed by atoms with Crippen LogP contribution >= 0.6 is 11.3 Å². The van der Waals surface area contributed by atoms with Crippen molar-refractivity contribution in [1.82, 2.24) is 4.98 Å². The van der Waals surface area contributed by atoms with Crippen molar-refractivity contribution >= 4 is 35.0 Å². The number of carbonyl (C=O) groups excluding carboxylic acids is 1. The zero-order valence-electron chi connectivity index (χ0n) is 19.6. The fourth-order valence-corrected chi connectivity index (χ4v) is 7.87. The molecule has 0 bridgehead atoms. The molecule has 3 aliphatic carbocycles. The Labute approximate surface area is 203 Å². The Morgan fingerprint density at radius 3 is 2.82 bits per heavy atom. The van der Waals surface area contributed by atoms with Gasteiger partial charge in [0.1, 0.15) is 0 Å². The van der Waals surface area contributed by atoms with E-state index in [4.69, 9.17) is 0 Å². The number of halogens is 2. The molecule has 0 spiro atoms. The zero-order chi connectivity index (χ0) is 24.3. The first-order valence-corrected chi connectivity index (χ1v) is 13.0. The summed E-state index contributed by atoms with van der Waals surface area (Å²) >= 11 is 1.41. The summed E-state index contributed by atoms with van der Waals surface area (Å²) in [5, 5.41) is 22.4. The molecule has 9 heteroatoms. The molecule has 0 aliphatic heterocycles. The third kappa shape index (κ3) is 3.99. The van der Waals surface area contributed by atoms with E-state index in [1.54, 1.807) is 19.2 Å². The molecule has 3 aliphatic rings. The van der Waals surface area contributed by atoms with Gasteiger partial charge in [0.05, 0.1) is 0 Å². The SMILES string of the molecule is Cc1cnc(NC(=O)CC[C@@H]2CC(F)(F)[C@@]3(C)CC[C@@H]4c5ccc(B(O)O)cc5CC[C@H]4[C@H]23)s1. The maximum atomic E-state index is 15.4. The van der Waals surface area contributed by atoms with Gasteiger partial charge in [-0.3, -0.25) is 4.79 Å². The molecule has 1 amide bonds.